The summed E-state index contributed by atoms with van der Waals surface area (Å²) in [7, 11) is 0. The van der Waals surface area contributed by atoms with Gasteiger partial charge in [-0.3, -0.25) is 5.10 Å². The maximum absolute atomic E-state index is 14.2. The molecule has 1 aliphatic carbocycles. The van der Waals surface area contributed by atoms with Crippen molar-refractivity contribution in [3.8, 4) is 0 Å². The Kier molecular flexibility index (Phi) is 4.70. The lowest BCUT2D eigenvalue weighted by atomic mass is 10.0. The SMILES string of the molecule is F[C@H](CO[C@H]1CC[C@H](Cc2ncnc3[nH]ncc23)C1)c1ccccc1. The third-order valence-electron chi connectivity index (χ3n) is 4.95. The van der Waals surface area contributed by atoms with Crippen molar-refractivity contribution < 1.29 is 9.13 Å². The Hall–Kier alpha value is -2.34. The Morgan fingerprint density at radius 2 is 2.08 bits per heavy atom. The van der Waals surface area contributed by atoms with E-state index in [0.29, 0.717) is 11.5 Å². The summed E-state index contributed by atoms with van der Waals surface area (Å²) in [4.78, 5) is 8.58. The van der Waals surface area contributed by atoms with Crippen molar-refractivity contribution in [1.29, 1.82) is 0 Å². The van der Waals surface area contributed by atoms with Gasteiger partial charge in [0.25, 0.3) is 0 Å². The van der Waals surface area contributed by atoms with Crippen LogP contribution >= 0.6 is 0 Å². The second kappa shape index (κ2) is 7.27. The largest absolute Gasteiger partial charge is 0.375 e. The molecule has 3 atom stereocenters. The van der Waals surface area contributed by atoms with Crippen LogP contribution in [0.2, 0.25) is 0 Å². The lowest BCUT2D eigenvalue weighted by Gasteiger charge is -2.15. The maximum Gasteiger partial charge on any atom is 0.158 e. The third kappa shape index (κ3) is 3.69. The first-order valence-corrected chi connectivity index (χ1v) is 8.73. The zero-order valence-corrected chi connectivity index (χ0v) is 13.9. The fourth-order valence-corrected chi connectivity index (χ4v) is 3.60. The normalized spacial score (nSPS) is 21.6. The van der Waals surface area contributed by atoms with Gasteiger partial charge in [-0.15, -0.1) is 0 Å². The molecule has 0 saturated heterocycles. The fraction of sp³-hybridized carbons (Fsp3) is 0.421. The van der Waals surface area contributed by atoms with Crippen LogP contribution in [0.25, 0.3) is 11.0 Å². The van der Waals surface area contributed by atoms with Crippen LogP contribution in [0.4, 0.5) is 4.39 Å². The number of ether oxygens (including phenoxy) is 1. The monoisotopic (exact) mass is 340 g/mol. The molecular weight excluding hydrogens is 319 g/mol. The molecule has 1 aromatic carbocycles. The molecule has 1 aliphatic rings. The summed E-state index contributed by atoms with van der Waals surface area (Å²) >= 11 is 0. The Morgan fingerprint density at radius 1 is 1.20 bits per heavy atom. The molecule has 1 saturated carbocycles. The van der Waals surface area contributed by atoms with E-state index in [1.807, 2.05) is 18.2 Å². The molecule has 0 unspecified atom stereocenters. The molecular formula is C19H21FN4O. The second-order valence-corrected chi connectivity index (χ2v) is 6.67. The number of aromatic nitrogens is 4. The highest BCUT2D eigenvalue weighted by Crippen LogP contribution is 2.32. The van der Waals surface area contributed by atoms with Crippen molar-refractivity contribution in [3.63, 3.8) is 0 Å². The van der Waals surface area contributed by atoms with Crippen molar-refractivity contribution in [3.05, 3.63) is 54.1 Å². The molecule has 0 spiro atoms. The van der Waals surface area contributed by atoms with Gasteiger partial charge in [0.1, 0.15) is 12.5 Å². The van der Waals surface area contributed by atoms with Crippen LogP contribution in [0.5, 0.6) is 0 Å². The van der Waals surface area contributed by atoms with Crippen molar-refractivity contribution in [2.75, 3.05) is 6.61 Å². The fourth-order valence-electron chi connectivity index (χ4n) is 3.60. The zero-order chi connectivity index (χ0) is 17.1. The van der Waals surface area contributed by atoms with Crippen molar-refractivity contribution in [2.24, 2.45) is 5.92 Å². The van der Waals surface area contributed by atoms with E-state index in [0.717, 1.165) is 42.4 Å². The van der Waals surface area contributed by atoms with E-state index in [2.05, 4.69) is 20.2 Å². The summed E-state index contributed by atoms with van der Waals surface area (Å²) < 4.78 is 20.1. The van der Waals surface area contributed by atoms with Crippen LogP contribution in [0.15, 0.2) is 42.9 Å². The molecule has 0 aliphatic heterocycles. The van der Waals surface area contributed by atoms with Gasteiger partial charge in [0, 0.05) is 0 Å². The molecule has 6 heteroatoms. The number of hydrogen-bond donors (Lipinski definition) is 1. The maximum atomic E-state index is 14.2. The summed E-state index contributed by atoms with van der Waals surface area (Å²) in [5.74, 6) is 0.507. The van der Waals surface area contributed by atoms with E-state index >= 15 is 0 Å². The van der Waals surface area contributed by atoms with Crippen molar-refractivity contribution in [1.82, 2.24) is 20.2 Å². The Labute approximate surface area is 145 Å². The molecule has 1 N–H and O–H groups in total. The summed E-state index contributed by atoms with van der Waals surface area (Å²) in [6.07, 6.45) is 6.32. The third-order valence-corrected chi connectivity index (χ3v) is 4.95. The Balaban J connectivity index is 1.30. The molecule has 2 aromatic heterocycles. The average Bonchev–Trinajstić information content (AvgIpc) is 3.30. The van der Waals surface area contributed by atoms with Crippen molar-refractivity contribution in [2.45, 2.75) is 38.0 Å². The minimum atomic E-state index is -1.06. The molecule has 25 heavy (non-hydrogen) atoms. The van der Waals surface area contributed by atoms with E-state index in [1.165, 1.54) is 0 Å². The first-order chi connectivity index (χ1) is 12.3. The Morgan fingerprint density at radius 3 is 2.96 bits per heavy atom. The van der Waals surface area contributed by atoms with Gasteiger partial charge in [0.15, 0.2) is 5.65 Å². The highest BCUT2D eigenvalue weighted by atomic mass is 19.1. The number of H-pyrrole nitrogens is 1. The predicted molar refractivity (Wildman–Crippen MR) is 92.8 cm³/mol. The van der Waals surface area contributed by atoms with Crippen LogP contribution in [-0.2, 0) is 11.2 Å². The van der Waals surface area contributed by atoms with Crippen LogP contribution in [0.3, 0.4) is 0 Å². The predicted octanol–water partition coefficient (Wildman–Crippen LogP) is 3.79. The number of halogens is 1. The highest BCUT2D eigenvalue weighted by molar-refractivity contribution is 5.76. The average molecular weight is 340 g/mol. The van der Waals surface area contributed by atoms with Gasteiger partial charge in [-0.25, -0.2) is 14.4 Å². The first kappa shape index (κ1) is 16.1. The van der Waals surface area contributed by atoms with Crippen molar-refractivity contribution >= 4 is 11.0 Å². The van der Waals surface area contributed by atoms with Gasteiger partial charge in [-0.1, -0.05) is 30.3 Å². The summed E-state index contributed by atoms with van der Waals surface area (Å²) in [6, 6.07) is 9.20. The molecule has 0 amide bonds. The molecule has 4 rings (SSSR count). The van der Waals surface area contributed by atoms with Gasteiger partial charge in [-0.05, 0) is 37.2 Å². The van der Waals surface area contributed by atoms with Gasteiger partial charge in [0.2, 0.25) is 0 Å². The number of aromatic amines is 1. The zero-order valence-electron chi connectivity index (χ0n) is 13.9. The lowest BCUT2D eigenvalue weighted by molar-refractivity contribution is 0.0200. The quantitative estimate of drug-likeness (QED) is 0.741. The number of rotatable bonds is 6. The van der Waals surface area contributed by atoms with Gasteiger partial charge in [-0.2, -0.15) is 5.10 Å². The first-order valence-electron chi connectivity index (χ1n) is 8.73. The van der Waals surface area contributed by atoms with E-state index in [9.17, 15) is 4.39 Å². The molecule has 0 bridgehead atoms. The number of hydrogen-bond acceptors (Lipinski definition) is 4. The molecule has 2 heterocycles. The van der Waals surface area contributed by atoms with Crippen LogP contribution in [0.1, 0.15) is 36.7 Å². The molecule has 3 aromatic rings. The lowest BCUT2D eigenvalue weighted by Crippen LogP contribution is -2.13. The van der Waals surface area contributed by atoms with E-state index in [4.69, 9.17) is 4.74 Å². The number of nitrogens with zero attached hydrogens (tertiary/aromatic N) is 3. The highest BCUT2D eigenvalue weighted by Gasteiger charge is 2.27. The summed E-state index contributed by atoms with van der Waals surface area (Å²) in [5, 5.41) is 7.90. The number of alkyl halides is 1. The minimum Gasteiger partial charge on any atom is -0.375 e. The molecule has 5 nitrogen and oxygen atoms in total. The van der Waals surface area contributed by atoms with E-state index in [-0.39, 0.29) is 12.7 Å². The van der Waals surface area contributed by atoms with Gasteiger partial charge in [0.05, 0.1) is 30.0 Å². The number of fused-ring (bicyclic) bond motifs is 1. The van der Waals surface area contributed by atoms with Crippen LogP contribution in [-0.4, -0.2) is 32.9 Å². The Bertz CT molecular complexity index is 822. The molecule has 1 fully saturated rings. The van der Waals surface area contributed by atoms with E-state index in [1.54, 1.807) is 24.7 Å². The molecule has 130 valence electrons. The van der Waals surface area contributed by atoms with Gasteiger partial charge < -0.3 is 4.74 Å². The second-order valence-electron chi connectivity index (χ2n) is 6.67. The van der Waals surface area contributed by atoms with Gasteiger partial charge >= 0.3 is 0 Å². The topological polar surface area (TPSA) is 63.7 Å². The molecule has 0 radical (unpaired) electrons. The smallest absolute Gasteiger partial charge is 0.158 e. The standard InChI is InChI=1S/C19H21FN4O/c20-17(14-4-2-1-3-5-14)11-25-15-7-6-13(8-15)9-18-16-10-23-24-19(16)22-12-21-18/h1-5,10,12-13,15,17H,6-9,11H2,(H,21,22,23,24)/t13-,15-,17+/m0/s1. The van der Waals surface area contributed by atoms with Crippen LogP contribution < -0.4 is 0 Å². The van der Waals surface area contributed by atoms with Crippen LogP contribution in [0, 0.1) is 5.92 Å². The minimum absolute atomic E-state index is 0.126. The number of nitrogens with one attached hydrogen (secondary N) is 1. The summed E-state index contributed by atoms with van der Waals surface area (Å²) in [5.41, 5.74) is 2.48. The van der Waals surface area contributed by atoms with E-state index < -0.39 is 6.17 Å². The summed E-state index contributed by atoms with van der Waals surface area (Å²) in [6.45, 7) is 0.126. The number of benzene rings is 1.